The third-order valence-corrected chi connectivity index (χ3v) is 6.84. The molecular weight excluding hydrogens is 436 g/mol. The lowest BCUT2D eigenvalue weighted by molar-refractivity contribution is -0.151. The summed E-state index contributed by atoms with van der Waals surface area (Å²) >= 11 is 0. The summed E-state index contributed by atoms with van der Waals surface area (Å²) in [5, 5.41) is 21.2. The van der Waals surface area contributed by atoms with Crippen molar-refractivity contribution in [3.05, 3.63) is 59.7 Å². The SMILES string of the molecule is CC(C)(NC(=O)OCC1c2ccccc2-c2ccccc21)C(C)(C)C(=O)N(CCO)CC(=O)O. The minimum atomic E-state index is -1.18. The van der Waals surface area contributed by atoms with E-state index in [1.807, 2.05) is 36.4 Å². The summed E-state index contributed by atoms with van der Waals surface area (Å²) in [5.74, 6) is -1.76. The number of carbonyl (C=O) groups excluding carboxylic acids is 2. The van der Waals surface area contributed by atoms with Crippen molar-refractivity contribution in [3.8, 4) is 11.1 Å². The van der Waals surface area contributed by atoms with Gasteiger partial charge < -0.3 is 25.2 Å². The van der Waals surface area contributed by atoms with Crippen LogP contribution in [0.5, 0.6) is 0 Å². The number of fused-ring (bicyclic) bond motifs is 3. The van der Waals surface area contributed by atoms with Crippen molar-refractivity contribution in [3.63, 3.8) is 0 Å². The van der Waals surface area contributed by atoms with Crippen LogP contribution in [0.3, 0.4) is 0 Å². The highest BCUT2D eigenvalue weighted by Crippen LogP contribution is 2.44. The lowest BCUT2D eigenvalue weighted by Crippen LogP contribution is -2.60. The van der Waals surface area contributed by atoms with Crippen molar-refractivity contribution >= 4 is 18.0 Å². The lowest BCUT2D eigenvalue weighted by Gasteiger charge is -2.42. The number of nitrogens with zero attached hydrogens (tertiary/aromatic N) is 1. The van der Waals surface area contributed by atoms with Gasteiger partial charge in [0.25, 0.3) is 0 Å². The summed E-state index contributed by atoms with van der Waals surface area (Å²) in [7, 11) is 0. The Bertz CT molecular complexity index is 1030. The van der Waals surface area contributed by atoms with Gasteiger partial charge in [0.15, 0.2) is 0 Å². The zero-order valence-corrected chi connectivity index (χ0v) is 20.0. The second-order valence-electron chi connectivity index (χ2n) is 9.54. The molecule has 0 heterocycles. The van der Waals surface area contributed by atoms with Gasteiger partial charge in [-0.1, -0.05) is 48.5 Å². The number of nitrogens with one attached hydrogen (secondary N) is 1. The number of carbonyl (C=O) groups is 3. The average molecular weight is 469 g/mol. The molecule has 2 aromatic carbocycles. The fourth-order valence-corrected chi connectivity index (χ4v) is 4.24. The fraction of sp³-hybridized carbons (Fsp3) is 0.423. The first-order valence-corrected chi connectivity index (χ1v) is 11.2. The number of alkyl carbamates (subject to hydrolysis) is 1. The average Bonchev–Trinajstić information content (AvgIpc) is 3.10. The van der Waals surface area contributed by atoms with Crippen LogP contribution in [0.2, 0.25) is 0 Å². The van der Waals surface area contributed by atoms with E-state index in [-0.39, 0.29) is 25.7 Å². The Hall–Kier alpha value is -3.39. The molecule has 2 amide bonds. The molecule has 182 valence electrons. The van der Waals surface area contributed by atoms with Crippen LogP contribution in [0, 0.1) is 5.41 Å². The van der Waals surface area contributed by atoms with E-state index in [0.29, 0.717) is 0 Å². The van der Waals surface area contributed by atoms with Crippen molar-refractivity contribution < 1.29 is 29.3 Å². The summed E-state index contributed by atoms with van der Waals surface area (Å²) in [6, 6.07) is 16.1. The van der Waals surface area contributed by atoms with Crippen molar-refractivity contribution in [2.24, 2.45) is 5.41 Å². The van der Waals surface area contributed by atoms with Crippen LogP contribution in [0.15, 0.2) is 48.5 Å². The van der Waals surface area contributed by atoms with E-state index < -0.39 is 35.5 Å². The third kappa shape index (κ3) is 4.92. The van der Waals surface area contributed by atoms with Gasteiger partial charge in [0.2, 0.25) is 5.91 Å². The summed E-state index contributed by atoms with van der Waals surface area (Å²) in [5.41, 5.74) is 2.20. The molecule has 8 nitrogen and oxygen atoms in total. The second kappa shape index (κ2) is 9.85. The van der Waals surface area contributed by atoms with Gasteiger partial charge >= 0.3 is 12.1 Å². The Morgan fingerprint density at radius 3 is 2.00 bits per heavy atom. The van der Waals surface area contributed by atoms with Crippen LogP contribution < -0.4 is 5.32 Å². The van der Waals surface area contributed by atoms with Crippen molar-refractivity contribution in [1.82, 2.24) is 10.2 Å². The smallest absolute Gasteiger partial charge is 0.407 e. The minimum absolute atomic E-state index is 0.0912. The number of rotatable bonds is 9. The van der Waals surface area contributed by atoms with Crippen LogP contribution in [-0.2, 0) is 14.3 Å². The molecule has 1 aliphatic rings. The quantitative estimate of drug-likeness (QED) is 0.520. The Labute approximate surface area is 199 Å². The molecule has 0 spiro atoms. The molecular formula is C26H32N2O6. The Kier molecular flexibility index (Phi) is 7.31. The molecule has 3 rings (SSSR count). The highest BCUT2D eigenvalue weighted by Gasteiger charge is 2.47. The number of hydrogen-bond acceptors (Lipinski definition) is 5. The Balaban J connectivity index is 1.70. The van der Waals surface area contributed by atoms with Crippen LogP contribution in [0.25, 0.3) is 11.1 Å². The Morgan fingerprint density at radius 1 is 0.971 bits per heavy atom. The standard InChI is InChI=1S/C26H32N2O6/c1-25(2,23(32)28(13-14-29)15-22(30)31)26(3,4)27-24(33)34-16-21-19-11-7-5-9-17(19)18-10-6-8-12-20(18)21/h5-12,21,29H,13-16H2,1-4H3,(H,27,33)(H,30,31). The molecule has 8 heteroatoms. The molecule has 34 heavy (non-hydrogen) atoms. The number of aliphatic carboxylic acids is 1. The van der Waals surface area contributed by atoms with E-state index in [1.165, 1.54) is 0 Å². The highest BCUT2D eigenvalue weighted by atomic mass is 16.5. The van der Waals surface area contributed by atoms with Gasteiger partial charge in [-0.2, -0.15) is 0 Å². The van der Waals surface area contributed by atoms with Crippen LogP contribution in [-0.4, -0.2) is 64.9 Å². The Morgan fingerprint density at radius 2 is 1.50 bits per heavy atom. The highest BCUT2D eigenvalue weighted by molar-refractivity contribution is 5.87. The maximum atomic E-state index is 13.1. The molecule has 1 aliphatic carbocycles. The van der Waals surface area contributed by atoms with Crippen molar-refractivity contribution in [2.75, 3.05) is 26.3 Å². The van der Waals surface area contributed by atoms with E-state index in [2.05, 4.69) is 17.4 Å². The number of aliphatic hydroxyl groups excluding tert-OH is 1. The van der Waals surface area contributed by atoms with Gasteiger partial charge in [0, 0.05) is 12.5 Å². The topological polar surface area (TPSA) is 116 Å². The van der Waals surface area contributed by atoms with Crippen molar-refractivity contribution in [2.45, 2.75) is 39.2 Å². The predicted octanol–water partition coefficient (Wildman–Crippen LogP) is 3.24. The zero-order chi connectivity index (χ0) is 25.1. The number of benzene rings is 2. The van der Waals surface area contributed by atoms with E-state index in [4.69, 9.17) is 9.84 Å². The molecule has 0 aromatic heterocycles. The first kappa shape index (κ1) is 25.2. The van der Waals surface area contributed by atoms with Crippen LogP contribution >= 0.6 is 0 Å². The second-order valence-corrected chi connectivity index (χ2v) is 9.54. The fourth-order valence-electron chi connectivity index (χ4n) is 4.24. The third-order valence-electron chi connectivity index (χ3n) is 6.84. The summed E-state index contributed by atoms with van der Waals surface area (Å²) in [6.07, 6.45) is -0.667. The number of hydrogen-bond donors (Lipinski definition) is 3. The normalized spacial score (nSPS) is 13.1. The van der Waals surface area contributed by atoms with Gasteiger partial charge in [-0.25, -0.2) is 4.79 Å². The number of carboxylic acid groups (broad SMARTS) is 1. The monoisotopic (exact) mass is 468 g/mol. The molecule has 0 atom stereocenters. The molecule has 0 bridgehead atoms. The van der Waals surface area contributed by atoms with Gasteiger partial charge in [-0.15, -0.1) is 0 Å². The molecule has 0 aliphatic heterocycles. The largest absolute Gasteiger partial charge is 0.480 e. The lowest BCUT2D eigenvalue weighted by atomic mass is 9.73. The molecule has 0 fully saturated rings. The number of carboxylic acids is 1. The van der Waals surface area contributed by atoms with Gasteiger partial charge in [-0.05, 0) is 49.9 Å². The molecule has 0 saturated carbocycles. The molecule has 0 saturated heterocycles. The maximum absolute atomic E-state index is 13.1. The zero-order valence-electron chi connectivity index (χ0n) is 20.0. The van der Waals surface area contributed by atoms with Crippen molar-refractivity contribution in [1.29, 1.82) is 0 Å². The number of ether oxygens (including phenoxy) is 1. The van der Waals surface area contributed by atoms with Gasteiger partial charge in [-0.3, -0.25) is 9.59 Å². The number of aliphatic hydroxyl groups is 1. The van der Waals surface area contributed by atoms with E-state index >= 15 is 0 Å². The summed E-state index contributed by atoms with van der Waals surface area (Å²) < 4.78 is 5.61. The molecule has 2 aromatic rings. The summed E-state index contributed by atoms with van der Waals surface area (Å²) in [6.45, 7) is 5.75. The first-order chi connectivity index (χ1) is 16.0. The van der Waals surface area contributed by atoms with E-state index in [0.717, 1.165) is 27.2 Å². The number of amides is 2. The molecule has 3 N–H and O–H groups in total. The van der Waals surface area contributed by atoms with E-state index in [9.17, 15) is 19.5 Å². The van der Waals surface area contributed by atoms with Crippen LogP contribution in [0.4, 0.5) is 4.79 Å². The molecule has 0 radical (unpaired) electrons. The first-order valence-electron chi connectivity index (χ1n) is 11.2. The van der Waals surface area contributed by atoms with E-state index in [1.54, 1.807) is 27.7 Å². The predicted molar refractivity (Wildman–Crippen MR) is 127 cm³/mol. The van der Waals surface area contributed by atoms with Gasteiger partial charge in [0.05, 0.1) is 17.6 Å². The minimum Gasteiger partial charge on any atom is -0.480 e. The maximum Gasteiger partial charge on any atom is 0.407 e. The van der Waals surface area contributed by atoms with Crippen LogP contribution in [0.1, 0.15) is 44.7 Å². The summed E-state index contributed by atoms with van der Waals surface area (Å²) in [4.78, 5) is 38.1. The molecule has 0 unspecified atom stereocenters. The van der Waals surface area contributed by atoms with Gasteiger partial charge in [0.1, 0.15) is 13.2 Å².